The number of alkyl halides is 1. The Morgan fingerprint density at radius 2 is 2.07 bits per heavy atom. The van der Waals surface area contributed by atoms with Gasteiger partial charge in [-0.3, -0.25) is 10.1 Å². The Labute approximate surface area is 88.4 Å². The van der Waals surface area contributed by atoms with Gasteiger partial charge in [0.25, 0.3) is 0 Å². The fourth-order valence-electron chi connectivity index (χ4n) is 1.12. The minimum absolute atomic E-state index is 0.178. The van der Waals surface area contributed by atoms with Crippen LogP contribution in [0.3, 0.4) is 0 Å². The molecule has 80 valence electrons. The molecule has 0 aromatic rings. The van der Waals surface area contributed by atoms with E-state index in [1.54, 1.807) is 0 Å². The molecule has 5 heteroatoms. The SMILES string of the molecule is O=C(CCCl)NC(=O)NCCC1CC1. The lowest BCUT2D eigenvalue weighted by molar-refractivity contribution is -0.119. The molecule has 0 heterocycles. The van der Waals surface area contributed by atoms with Crippen molar-refractivity contribution in [3.63, 3.8) is 0 Å². The van der Waals surface area contributed by atoms with Gasteiger partial charge in [0, 0.05) is 18.8 Å². The fraction of sp³-hybridized carbons (Fsp3) is 0.778. The molecular weight excluding hydrogens is 204 g/mol. The number of nitrogens with one attached hydrogen (secondary N) is 2. The lowest BCUT2D eigenvalue weighted by Crippen LogP contribution is -2.39. The van der Waals surface area contributed by atoms with E-state index in [4.69, 9.17) is 11.6 Å². The first-order valence-corrected chi connectivity index (χ1v) is 5.39. The van der Waals surface area contributed by atoms with E-state index in [-0.39, 0.29) is 18.2 Å². The normalized spacial score (nSPS) is 14.9. The van der Waals surface area contributed by atoms with Crippen molar-refractivity contribution in [1.29, 1.82) is 0 Å². The van der Waals surface area contributed by atoms with E-state index < -0.39 is 6.03 Å². The van der Waals surface area contributed by atoms with Crippen molar-refractivity contribution in [1.82, 2.24) is 10.6 Å². The molecule has 2 N–H and O–H groups in total. The molecule has 0 radical (unpaired) electrons. The number of hydrogen-bond donors (Lipinski definition) is 2. The van der Waals surface area contributed by atoms with Gasteiger partial charge >= 0.3 is 6.03 Å². The lowest BCUT2D eigenvalue weighted by Gasteiger charge is -2.04. The molecule has 1 aliphatic carbocycles. The summed E-state index contributed by atoms with van der Waals surface area (Å²) in [7, 11) is 0. The molecule has 0 unspecified atom stereocenters. The minimum Gasteiger partial charge on any atom is -0.338 e. The number of rotatable bonds is 5. The van der Waals surface area contributed by atoms with E-state index in [9.17, 15) is 9.59 Å². The first-order chi connectivity index (χ1) is 6.72. The number of amides is 3. The van der Waals surface area contributed by atoms with Gasteiger partial charge in [0.1, 0.15) is 0 Å². The zero-order chi connectivity index (χ0) is 10.4. The first kappa shape index (κ1) is 11.3. The van der Waals surface area contributed by atoms with Crippen molar-refractivity contribution in [3.05, 3.63) is 0 Å². The van der Waals surface area contributed by atoms with Gasteiger partial charge in [-0.1, -0.05) is 12.8 Å². The highest BCUT2D eigenvalue weighted by Gasteiger charge is 2.20. The molecule has 3 amide bonds. The second-order valence-electron chi connectivity index (χ2n) is 3.48. The molecule has 1 rings (SSSR count). The molecule has 0 aliphatic heterocycles. The van der Waals surface area contributed by atoms with Crippen LogP contribution in [0.4, 0.5) is 4.79 Å². The molecule has 0 bridgehead atoms. The Morgan fingerprint density at radius 3 is 2.64 bits per heavy atom. The molecule has 0 atom stereocenters. The summed E-state index contributed by atoms with van der Waals surface area (Å²) >= 11 is 5.34. The largest absolute Gasteiger partial charge is 0.338 e. The van der Waals surface area contributed by atoms with E-state index >= 15 is 0 Å². The van der Waals surface area contributed by atoms with Crippen LogP contribution < -0.4 is 10.6 Å². The third-order valence-corrected chi connectivity index (χ3v) is 2.30. The molecule has 1 fully saturated rings. The molecule has 14 heavy (non-hydrogen) atoms. The van der Waals surface area contributed by atoms with Crippen molar-refractivity contribution in [2.24, 2.45) is 5.92 Å². The standard InChI is InChI=1S/C9H15ClN2O2/c10-5-3-8(13)12-9(14)11-6-4-7-1-2-7/h7H,1-6H2,(H2,11,12,13,14). The van der Waals surface area contributed by atoms with Crippen LogP contribution in [0.25, 0.3) is 0 Å². The summed E-state index contributed by atoms with van der Waals surface area (Å²) in [5, 5.41) is 4.83. The van der Waals surface area contributed by atoms with Gasteiger partial charge < -0.3 is 5.32 Å². The van der Waals surface area contributed by atoms with Crippen molar-refractivity contribution in [2.45, 2.75) is 25.7 Å². The minimum atomic E-state index is -0.416. The summed E-state index contributed by atoms with van der Waals surface area (Å²) in [5.41, 5.74) is 0. The smallest absolute Gasteiger partial charge is 0.321 e. The van der Waals surface area contributed by atoms with E-state index in [2.05, 4.69) is 10.6 Å². The third kappa shape index (κ3) is 5.07. The van der Waals surface area contributed by atoms with E-state index in [0.717, 1.165) is 12.3 Å². The molecular formula is C9H15ClN2O2. The number of imide groups is 1. The summed E-state index contributed by atoms with van der Waals surface area (Å²) in [6.07, 6.45) is 3.73. The van der Waals surface area contributed by atoms with Gasteiger partial charge in [0.15, 0.2) is 0 Å². The maximum atomic E-state index is 11.0. The number of halogens is 1. The predicted molar refractivity (Wildman–Crippen MR) is 54.2 cm³/mol. The highest BCUT2D eigenvalue weighted by atomic mass is 35.5. The van der Waals surface area contributed by atoms with Crippen molar-refractivity contribution in [2.75, 3.05) is 12.4 Å². The highest BCUT2D eigenvalue weighted by Crippen LogP contribution is 2.31. The number of carbonyl (C=O) groups excluding carboxylic acids is 2. The third-order valence-electron chi connectivity index (χ3n) is 2.11. The molecule has 4 nitrogen and oxygen atoms in total. The topological polar surface area (TPSA) is 58.2 Å². The average Bonchev–Trinajstić information content (AvgIpc) is 2.88. The summed E-state index contributed by atoms with van der Waals surface area (Å²) in [4.78, 5) is 22.0. The van der Waals surface area contributed by atoms with Gasteiger partial charge in [-0.25, -0.2) is 4.79 Å². The second kappa shape index (κ2) is 5.86. The Balaban J connectivity index is 1.99. The van der Waals surface area contributed by atoms with Crippen molar-refractivity contribution >= 4 is 23.5 Å². The fourth-order valence-corrected chi connectivity index (χ4v) is 1.29. The second-order valence-corrected chi connectivity index (χ2v) is 3.85. The highest BCUT2D eigenvalue weighted by molar-refractivity contribution is 6.19. The van der Waals surface area contributed by atoms with Crippen LogP contribution in [0.1, 0.15) is 25.7 Å². The molecule has 0 aromatic carbocycles. The van der Waals surface area contributed by atoms with Crippen LogP contribution >= 0.6 is 11.6 Å². The van der Waals surface area contributed by atoms with Gasteiger partial charge in [0.05, 0.1) is 0 Å². The van der Waals surface area contributed by atoms with Crippen LogP contribution in [0, 0.1) is 5.92 Å². The lowest BCUT2D eigenvalue weighted by atomic mass is 10.3. The van der Waals surface area contributed by atoms with Gasteiger partial charge in [-0.05, 0) is 12.3 Å². The van der Waals surface area contributed by atoms with E-state index in [1.165, 1.54) is 12.8 Å². The Kier molecular flexibility index (Phi) is 4.73. The Morgan fingerprint density at radius 1 is 1.36 bits per heavy atom. The van der Waals surface area contributed by atoms with E-state index in [0.29, 0.717) is 6.54 Å². The maximum Gasteiger partial charge on any atom is 0.321 e. The predicted octanol–water partition coefficient (Wildman–Crippen LogP) is 1.24. The molecule has 0 saturated heterocycles. The summed E-state index contributed by atoms with van der Waals surface area (Å²) < 4.78 is 0. The number of urea groups is 1. The summed E-state index contributed by atoms with van der Waals surface area (Å²) in [6, 6.07) is -0.416. The quantitative estimate of drug-likeness (QED) is 0.683. The van der Waals surface area contributed by atoms with Gasteiger partial charge in [-0.2, -0.15) is 0 Å². The summed E-state index contributed by atoms with van der Waals surface area (Å²) in [6.45, 7) is 0.644. The van der Waals surface area contributed by atoms with Crippen LogP contribution in [0.2, 0.25) is 0 Å². The average molecular weight is 219 g/mol. The Hall–Kier alpha value is -0.770. The zero-order valence-corrected chi connectivity index (χ0v) is 8.77. The number of hydrogen-bond acceptors (Lipinski definition) is 2. The van der Waals surface area contributed by atoms with Gasteiger partial charge in [-0.15, -0.1) is 11.6 Å². The van der Waals surface area contributed by atoms with Crippen molar-refractivity contribution < 1.29 is 9.59 Å². The molecule has 1 saturated carbocycles. The monoisotopic (exact) mass is 218 g/mol. The van der Waals surface area contributed by atoms with Crippen LogP contribution in [0.5, 0.6) is 0 Å². The number of carbonyl (C=O) groups is 2. The van der Waals surface area contributed by atoms with E-state index in [1.807, 2.05) is 0 Å². The summed E-state index contributed by atoms with van der Waals surface area (Å²) in [5.74, 6) is 0.694. The van der Waals surface area contributed by atoms with Crippen LogP contribution in [0.15, 0.2) is 0 Å². The first-order valence-electron chi connectivity index (χ1n) is 4.86. The molecule has 1 aliphatic rings. The van der Waals surface area contributed by atoms with Crippen LogP contribution in [-0.2, 0) is 4.79 Å². The van der Waals surface area contributed by atoms with Crippen LogP contribution in [-0.4, -0.2) is 24.4 Å². The maximum absolute atomic E-state index is 11.0. The zero-order valence-electron chi connectivity index (χ0n) is 8.01. The van der Waals surface area contributed by atoms with Gasteiger partial charge in [0.2, 0.25) is 5.91 Å². The van der Waals surface area contributed by atoms with Crippen molar-refractivity contribution in [3.8, 4) is 0 Å². The molecule has 0 aromatic heterocycles. The Bertz CT molecular complexity index is 217. The molecule has 0 spiro atoms.